The van der Waals surface area contributed by atoms with E-state index in [1.54, 1.807) is 17.9 Å². The van der Waals surface area contributed by atoms with Crippen LogP contribution in [0.4, 0.5) is 5.69 Å². The number of aryl methyl sites for hydroxylation is 1. The summed E-state index contributed by atoms with van der Waals surface area (Å²) in [6.07, 6.45) is 3.52. The van der Waals surface area contributed by atoms with Crippen LogP contribution in [0.1, 0.15) is 25.5 Å². The van der Waals surface area contributed by atoms with Gasteiger partial charge in [0.2, 0.25) is 5.91 Å². The molecule has 1 amide bonds. The summed E-state index contributed by atoms with van der Waals surface area (Å²) in [5, 5.41) is 10.1. The highest BCUT2D eigenvalue weighted by molar-refractivity contribution is 5.95. The Morgan fingerprint density at radius 3 is 2.50 bits per heavy atom. The van der Waals surface area contributed by atoms with Gasteiger partial charge in [0.25, 0.3) is 0 Å². The first-order valence-corrected chi connectivity index (χ1v) is 8.99. The molecule has 0 aliphatic rings. The molecule has 2 N–H and O–H groups in total. The van der Waals surface area contributed by atoms with Crippen molar-refractivity contribution in [3.05, 3.63) is 42.2 Å². The highest BCUT2D eigenvalue weighted by Crippen LogP contribution is 2.18. The molecular weight excluding hydrogens is 330 g/mol. The summed E-state index contributed by atoms with van der Waals surface area (Å²) in [6, 6.07) is 6.99. The summed E-state index contributed by atoms with van der Waals surface area (Å²) >= 11 is 0. The molecule has 0 saturated carbocycles. The molecule has 142 valence electrons. The quantitative estimate of drug-likeness (QED) is 0.679. The molecule has 1 aromatic carbocycles. The molecule has 26 heavy (non-hydrogen) atoms. The monoisotopic (exact) mass is 359 g/mol. The van der Waals surface area contributed by atoms with Crippen molar-refractivity contribution in [2.45, 2.75) is 19.9 Å². The summed E-state index contributed by atoms with van der Waals surface area (Å²) in [7, 11) is 3.58. The molecule has 0 aliphatic carbocycles. The number of hydrogen-bond donors (Lipinski definition) is 2. The van der Waals surface area contributed by atoms with Crippen molar-refractivity contribution in [1.29, 1.82) is 0 Å². The van der Waals surface area contributed by atoms with Gasteiger partial charge in [0.15, 0.2) is 0 Å². The van der Waals surface area contributed by atoms with Crippen LogP contribution in [-0.2, 0) is 11.8 Å². The minimum atomic E-state index is -0.450. The molecule has 1 atom stereocenters. The molecule has 7 nitrogen and oxygen atoms in total. The number of nitrogens with one attached hydrogen (secondary N) is 2. The molecule has 0 aliphatic heterocycles. The maximum Gasteiger partial charge on any atom is 0.246 e. The van der Waals surface area contributed by atoms with Gasteiger partial charge in [-0.1, -0.05) is 13.8 Å². The van der Waals surface area contributed by atoms with Gasteiger partial charge in [-0.05, 0) is 44.4 Å². The number of benzene rings is 1. The molecule has 0 radical (unpaired) electrons. The van der Waals surface area contributed by atoms with E-state index in [0.29, 0.717) is 6.61 Å². The van der Waals surface area contributed by atoms with E-state index < -0.39 is 6.04 Å². The number of carbonyl (C=O) groups excluding carboxylic acids is 1. The molecule has 7 heteroatoms. The van der Waals surface area contributed by atoms with Crippen LogP contribution in [0, 0.1) is 0 Å². The Labute approximate surface area is 155 Å². The zero-order valence-corrected chi connectivity index (χ0v) is 16.0. The first-order valence-electron chi connectivity index (χ1n) is 8.99. The Balaban J connectivity index is 1.88. The maximum atomic E-state index is 12.5. The first kappa shape index (κ1) is 19.9. The predicted octanol–water partition coefficient (Wildman–Crippen LogP) is 2.04. The van der Waals surface area contributed by atoms with Gasteiger partial charge in [-0.15, -0.1) is 0 Å². The molecule has 1 unspecified atom stereocenters. The number of hydrogen-bond acceptors (Lipinski definition) is 5. The van der Waals surface area contributed by atoms with Crippen molar-refractivity contribution in [2.24, 2.45) is 7.05 Å². The molecule has 0 fully saturated rings. The lowest BCUT2D eigenvalue weighted by molar-refractivity contribution is -0.118. The minimum Gasteiger partial charge on any atom is -0.492 e. The molecule has 0 spiro atoms. The van der Waals surface area contributed by atoms with Crippen molar-refractivity contribution < 1.29 is 9.53 Å². The molecule has 1 aromatic heterocycles. The fraction of sp³-hybridized carbons (Fsp3) is 0.474. The lowest BCUT2D eigenvalue weighted by Crippen LogP contribution is -2.30. The Hall–Kier alpha value is -2.38. The largest absolute Gasteiger partial charge is 0.492 e. The molecule has 2 aromatic rings. The van der Waals surface area contributed by atoms with Gasteiger partial charge in [-0.25, -0.2) is 0 Å². The topological polar surface area (TPSA) is 71.4 Å². The van der Waals surface area contributed by atoms with E-state index in [2.05, 4.69) is 34.5 Å². The summed E-state index contributed by atoms with van der Waals surface area (Å²) in [5.41, 5.74) is 1.55. The normalized spacial score (nSPS) is 12.2. The van der Waals surface area contributed by atoms with Crippen LogP contribution in [0.2, 0.25) is 0 Å². The number of ether oxygens (including phenoxy) is 1. The Morgan fingerprint density at radius 1 is 1.27 bits per heavy atom. The van der Waals surface area contributed by atoms with Gasteiger partial charge in [0.05, 0.1) is 6.20 Å². The number of likely N-dealkylation sites (N-methyl/N-ethyl adjacent to an activating group) is 2. The number of anilines is 1. The van der Waals surface area contributed by atoms with Crippen molar-refractivity contribution in [1.82, 2.24) is 20.0 Å². The third kappa shape index (κ3) is 5.57. The van der Waals surface area contributed by atoms with Crippen LogP contribution in [0.3, 0.4) is 0 Å². The molecule has 2 rings (SSSR count). The van der Waals surface area contributed by atoms with Crippen LogP contribution in [0.5, 0.6) is 5.75 Å². The van der Waals surface area contributed by atoms with Gasteiger partial charge in [0, 0.05) is 31.0 Å². The molecule has 0 bridgehead atoms. The zero-order valence-electron chi connectivity index (χ0n) is 16.0. The van der Waals surface area contributed by atoms with Gasteiger partial charge in [0.1, 0.15) is 18.4 Å². The van der Waals surface area contributed by atoms with E-state index in [0.717, 1.165) is 36.6 Å². The summed E-state index contributed by atoms with van der Waals surface area (Å²) in [6.45, 7) is 7.88. The third-order valence-electron chi connectivity index (χ3n) is 4.30. The second-order valence-electron chi connectivity index (χ2n) is 6.06. The molecule has 0 saturated heterocycles. The van der Waals surface area contributed by atoms with Crippen LogP contribution >= 0.6 is 0 Å². The van der Waals surface area contributed by atoms with E-state index in [9.17, 15) is 4.79 Å². The van der Waals surface area contributed by atoms with Crippen LogP contribution in [-0.4, -0.2) is 53.9 Å². The van der Waals surface area contributed by atoms with E-state index in [1.165, 1.54) is 0 Å². The number of rotatable bonds is 10. The van der Waals surface area contributed by atoms with E-state index >= 15 is 0 Å². The minimum absolute atomic E-state index is 0.129. The number of aromatic nitrogens is 2. The van der Waals surface area contributed by atoms with E-state index in [-0.39, 0.29) is 5.91 Å². The predicted molar refractivity (Wildman–Crippen MR) is 103 cm³/mol. The smallest absolute Gasteiger partial charge is 0.246 e. The fourth-order valence-electron chi connectivity index (χ4n) is 2.72. The number of amides is 1. The van der Waals surface area contributed by atoms with E-state index in [4.69, 9.17) is 4.74 Å². The zero-order chi connectivity index (χ0) is 18.9. The van der Waals surface area contributed by atoms with E-state index in [1.807, 2.05) is 37.5 Å². The summed E-state index contributed by atoms with van der Waals surface area (Å²) in [5.74, 6) is 0.670. The van der Waals surface area contributed by atoms with Crippen LogP contribution in [0.25, 0.3) is 0 Å². The summed E-state index contributed by atoms with van der Waals surface area (Å²) < 4.78 is 7.44. The molecular formula is C19H29N5O2. The Kier molecular flexibility index (Phi) is 7.62. The fourth-order valence-corrected chi connectivity index (χ4v) is 2.72. The second kappa shape index (κ2) is 9.94. The van der Waals surface area contributed by atoms with Crippen molar-refractivity contribution in [2.75, 3.05) is 38.6 Å². The maximum absolute atomic E-state index is 12.5. The van der Waals surface area contributed by atoms with Gasteiger partial charge >= 0.3 is 0 Å². The van der Waals surface area contributed by atoms with Crippen molar-refractivity contribution in [3.8, 4) is 5.75 Å². The van der Waals surface area contributed by atoms with Crippen LogP contribution in [0.15, 0.2) is 36.7 Å². The number of carbonyl (C=O) groups is 1. The average molecular weight is 359 g/mol. The SMILES string of the molecule is CCN(CC)CCOc1ccc(NC(=O)C(NC)c2cnn(C)c2)cc1. The molecule has 1 heterocycles. The first-order chi connectivity index (χ1) is 12.6. The Morgan fingerprint density at radius 2 is 1.96 bits per heavy atom. The van der Waals surface area contributed by atoms with Crippen molar-refractivity contribution in [3.63, 3.8) is 0 Å². The Bertz CT molecular complexity index is 679. The van der Waals surface area contributed by atoms with Gasteiger partial charge < -0.3 is 20.3 Å². The van der Waals surface area contributed by atoms with Crippen LogP contribution < -0.4 is 15.4 Å². The lowest BCUT2D eigenvalue weighted by Gasteiger charge is -2.18. The highest BCUT2D eigenvalue weighted by Gasteiger charge is 2.20. The van der Waals surface area contributed by atoms with Crippen molar-refractivity contribution >= 4 is 11.6 Å². The number of nitrogens with zero attached hydrogens (tertiary/aromatic N) is 3. The third-order valence-corrected chi connectivity index (χ3v) is 4.30. The standard InChI is InChI=1S/C19H29N5O2/c1-5-24(6-2)11-12-26-17-9-7-16(8-10-17)22-19(25)18(20-3)15-13-21-23(4)14-15/h7-10,13-14,18,20H,5-6,11-12H2,1-4H3,(H,22,25). The average Bonchev–Trinajstić information content (AvgIpc) is 3.07. The lowest BCUT2D eigenvalue weighted by atomic mass is 10.1. The second-order valence-corrected chi connectivity index (χ2v) is 6.06. The highest BCUT2D eigenvalue weighted by atomic mass is 16.5. The summed E-state index contributed by atoms with van der Waals surface area (Å²) in [4.78, 5) is 14.8. The van der Waals surface area contributed by atoms with Gasteiger partial charge in [-0.3, -0.25) is 9.48 Å². The van der Waals surface area contributed by atoms with Gasteiger partial charge in [-0.2, -0.15) is 5.10 Å².